The minimum absolute atomic E-state index is 0.0217. The summed E-state index contributed by atoms with van der Waals surface area (Å²) in [6, 6.07) is 15.1. The van der Waals surface area contributed by atoms with Crippen molar-refractivity contribution in [3.8, 4) is 0 Å². The Labute approximate surface area is 195 Å². The predicted molar refractivity (Wildman–Crippen MR) is 129 cm³/mol. The standard InChI is InChI=1S/C25H32ClN3O3/c1-25(2,20-7-9-21(26)10-8-20)23(30)27-13-4-14-29-15-11-18(12-16-29)19-5-3-6-22(17-19)28-24(31)32/h3,5-10,17-18,28H,4,11-16H2,1-2H3,(H,27,30)(H,31,32). The number of carbonyl (C=O) groups excluding carboxylic acids is 1. The van der Waals surface area contributed by atoms with Crippen molar-refractivity contribution in [3.05, 3.63) is 64.7 Å². The van der Waals surface area contributed by atoms with E-state index in [4.69, 9.17) is 16.7 Å². The molecule has 0 saturated carbocycles. The number of carboxylic acid groups (broad SMARTS) is 1. The number of hydrogen-bond donors (Lipinski definition) is 3. The molecule has 172 valence electrons. The van der Waals surface area contributed by atoms with Crippen LogP contribution in [-0.2, 0) is 10.2 Å². The third kappa shape index (κ3) is 6.47. The number of halogens is 1. The van der Waals surface area contributed by atoms with E-state index >= 15 is 0 Å². The Morgan fingerprint density at radius 3 is 2.47 bits per heavy atom. The molecule has 1 aliphatic rings. The van der Waals surface area contributed by atoms with Crippen molar-refractivity contribution < 1.29 is 14.7 Å². The van der Waals surface area contributed by atoms with Gasteiger partial charge in [-0.05, 0) is 94.1 Å². The molecule has 3 N–H and O–H groups in total. The van der Waals surface area contributed by atoms with Crippen molar-refractivity contribution in [1.29, 1.82) is 0 Å². The van der Waals surface area contributed by atoms with Gasteiger partial charge in [0, 0.05) is 17.3 Å². The SMILES string of the molecule is CC(C)(C(=O)NCCCN1CCC(c2cccc(NC(=O)O)c2)CC1)c1ccc(Cl)cc1. The van der Waals surface area contributed by atoms with Gasteiger partial charge in [0.2, 0.25) is 5.91 Å². The van der Waals surface area contributed by atoms with Crippen molar-refractivity contribution in [2.75, 3.05) is 31.5 Å². The van der Waals surface area contributed by atoms with E-state index in [0.29, 0.717) is 23.2 Å². The molecule has 3 rings (SSSR count). The van der Waals surface area contributed by atoms with Gasteiger partial charge in [0.1, 0.15) is 0 Å². The van der Waals surface area contributed by atoms with Gasteiger partial charge in [-0.15, -0.1) is 0 Å². The Hall–Kier alpha value is -2.57. The number of likely N-dealkylation sites (tertiary alicyclic amines) is 1. The lowest BCUT2D eigenvalue weighted by molar-refractivity contribution is -0.125. The molecule has 1 heterocycles. The maximum absolute atomic E-state index is 12.7. The average molecular weight is 458 g/mol. The molecule has 7 heteroatoms. The van der Waals surface area contributed by atoms with Gasteiger partial charge in [-0.3, -0.25) is 10.1 Å². The summed E-state index contributed by atoms with van der Waals surface area (Å²) in [4.78, 5) is 26.0. The fraction of sp³-hybridized carbons (Fsp3) is 0.440. The van der Waals surface area contributed by atoms with Gasteiger partial charge in [-0.2, -0.15) is 0 Å². The molecule has 0 bridgehead atoms. The first-order valence-electron chi connectivity index (χ1n) is 11.1. The summed E-state index contributed by atoms with van der Waals surface area (Å²) in [5.74, 6) is 0.468. The second-order valence-electron chi connectivity index (χ2n) is 8.91. The van der Waals surface area contributed by atoms with Gasteiger partial charge in [0.05, 0.1) is 5.41 Å². The normalized spacial score (nSPS) is 15.3. The summed E-state index contributed by atoms with van der Waals surface area (Å²) in [7, 11) is 0. The summed E-state index contributed by atoms with van der Waals surface area (Å²) < 4.78 is 0. The summed E-state index contributed by atoms with van der Waals surface area (Å²) in [5.41, 5.74) is 2.15. The number of amides is 2. The van der Waals surface area contributed by atoms with Crippen LogP contribution in [0.5, 0.6) is 0 Å². The number of anilines is 1. The second-order valence-corrected chi connectivity index (χ2v) is 9.35. The smallest absolute Gasteiger partial charge is 0.409 e. The first-order valence-corrected chi connectivity index (χ1v) is 11.5. The first kappa shape index (κ1) is 24.1. The minimum Gasteiger partial charge on any atom is -0.465 e. The third-order valence-electron chi connectivity index (χ3n) is 6.27. The fourth-order valence-corrected chi connectivity index (χ4v) is 4.33. The lowest BCUT2D eigenvalue weighted by Gasteiger charge is -2.32. The van der Waals surface area contributed by atoms with Crippen LogP contribution in [0.2, 0.25) is 5.02 Å². The third-order valence-corrected chi connectivity index (χ3v) is 6.52. The summed E-state index contributed by atoms with van der Waals surface area (Å²) >= 11 is 5.96. The molecule has 0 atom stereocenters. The zero-order chi connectivity index (χ0) is 23.1. The molecule has 1 fully saturated rings. The molecule has 1 aliphatic heterocycles. The number of nitrogens with zero attached hydrogens (tertiary/aromatic N) is 1. The first-order chi connectivity index (χ1) is 15.3. The molecule has 2 aromatic carbocycles. The number of hydrogen-bond acceptors (Lipinski definition) is 3. The molecular weight excluding hydrogens is 426 g/mol. The Bertz CT molecular complexity index is 922. The van der Waals surface area contributed by atoms with Crippen LogP contribution >= 0.6 is 11.6 Å². The van der Waals surface area contributed by atoms with Gasteiger partial charge in [-0.25, -0.2) is 4.79 Å². The van der Waals surface area contributed by atoms with Crippen molar-refractivity contribution in [2.45, 2.75) is 44.4 Å². The van der Waals surface area contributed by atoms with Crippen molar-refractivity contribution in [1.82, 2.24) is 10.2 Å². The highest BCUT2D eigenvalue weighted by atomic mass is 35.5. The van der Waals surface area contributed by atoms with Crippen LogP contribution in [0.1, 0.15) is 50.2 Å². The maximum atomic E-state index is 12.7. The van der Waals surface area contributed by atoms with Crippen LogP contribution in [0.25, 0.3) is 0 Å². The van der Waals surface area contributed by atoms with Gasteiger partial charge in [0.15, 0.2) is 0 Å². The van der Waals surface area contributed by atoms with Crippen molar-refractivity contribution in [3.63, 3.8) is 0 Å². The largest absolute Gasteiger partial charge is 0.465 e. The lowest BCUT2D eigenvalue weighted by Crippen LogP contribution is -2.41. The highest BCUT2D eigenvalue weighted by Gasteiger charge is 2.29. The predicted octanol–water partition coefficient (Wildman–Crippen LogP) is 5.09. The van der Waals surface area contributed by atoms with E-state index in [2.05, 4.69) is 21.6 Å². The molecule has 2 aromatic rings. The highest BCUT2D eigenvalue weighted by Crippen LogP contribution is 2.29. The van der Waals surface area contributed by atoms with E-state index < -0.39 is 11.5 Å². The van der Waals surface area contributed by atoms with E-state index in [1.54, 1.807) is 6.07 Å². The summed E-state index contributed by atoms with van der Waals surface area (Å²) in [6.45, 7) is 7.47. The number of piperidine rings is 1. The van der Waals surface area contributed by atoms with Gasteiger partial charge < -0.3 is 15.3 Å². The number of rotatable bonds is 8. The Morgan fingerprint density at radius 2 is 1.81 bits per heavy atom. The maximum Gasteiger partial charge on any atom is 0.409 e. The van der Waals surface area contributed by atoms with Crippen molar-refractivity contribution >= 4 is 29.3 Å². The number of benzene rings is 2. The molecule has 0 unspecified atom stereocenters. The highest BCUT2D eigenvalue weighted by molar-refractivity contribution is 6.30. The molecule has 1 saturated heterocycles. The van der Waals surface area contributed by atoms with E-state index in [9.17, 15) is 9.59 Å². The van der Waals surface area contributed by atoms with Crippen LogP contribution in [0, 0.1) is 0 Å². The molecule has 0 aromatic heterocycles. The van der Waals surface area contributed by atoms with Crippen LogP contribution in [0.15, 0.2) is 48.5 Å². The van der Waals surface area contributed by atoms with Gasteiger partial charge in [0.25, 0.3) is 0 Å². The van der Waals surface area contributed by atoms with Crippen LogP contribution in [0.4, 0.5) is 10.5 Å². The summed E-state index contributed by atoms with van der Waals surface area (Å²) in [5, 5.41) is 15.1. The minimum atomic E-state index is -1.04. The molecule has 2 amide bonds. The van der Waals surface area contributed by atoms with Gasteiger partial charge >= 0.3 is 6.09 Å². The zero-order valence-corrected chi connectivity index (χ0v) is 19.5. The van der Waals surface area contributed by atoms with E-state index in [0.717, 1.165) is 44.5 Å². The van der Waals surface area contributed by atoms with Crippen LogP contribution in [-0.4, -0.2) is 48.2 Å². The number of nitrogens with one attached hydrogen (secondary N) is 2. The van der Waals surface area contributed by atoms with E-state index in [1.807, 2.05) is 50.2 Å². The Balaban J connectivity index is 1.39. The Kier molecular flexibility index (Phi) is 8.15. The fourth-order valence-electron chi connectivity index (χ4n) is 4.21. The van der Waals surface area contributed by atoms with Gasteiger partial charge in [-0.1, -0.05) is 35.9 Å². The average Bonchev–Trinajstić information content (AvgIpc) is 2.77. The van der Waals surface area contributed by atoms with Crippen LogP contribution in [0.3, 0.4) is 0 Å². The molecule has 0 radical (unpaired) electrons. The zero-order valence-electron chi connectivity index (χ0n) is 18.7. The second kappa shape index (κ2) is 10.8. The lowest BCUT2D eigenvalue weighted by atomic mass is 9.84. The van der Waals surface area contributed by atoms with Crippen LogP contribution < -0.4 is 10.6 Å². The molecule has 0 spiro atoms. The van der Waals surface area contributed by atoms with Crippen molar-refractivity contribution in [2.24, 2.45) is 0 Å². The Morgan fingerprint density at radius 1 is 1.12 bits per heavy atom. The monoisotopic (exact) mass is 457 g/mol. The van der Waals surface area contributed by atoms with E-state index in [-0.39, 0.29) is 5.91 Å². The summed E-state index contributed by atoms with van der Waals surface area (Å²) in [6.07, 6.45) is 1.96. The molecule has 0 aliphatic carbocycles. The molecule has 6 nitrogen and oxygen atoms in total. The molecule has 32 heavy (non-hydrogen) atoms. The quantitative estimate of drug-likeness (QED) is 0.482. The molecular formula is C25H32ClN3O3. The number of carbonyl (C=O) groups is 2. The topological polar surface area (TPSA) is 81.7 Å². The van der Waals surface area contributed by atoms with E-state index in [1.165, 1.54) is 5.56 Å².